The first-order valence-corrected chi connectivity index (χ1v) is 9.66. The first kappa shape index (κ1) is 19.4. The molecule has 8 nitrogen and oxygen atoms in total. The number of nitrogen functional groups attached to an aromatic ring is 2. The van der Waals surface area contributed by atoms with Gasteiger partial charge in [-0.15, -0.1) is 0 Å². The van der Waals surface area contributed by atoms with Gasteiger partial charge in [0.25, 0.3) is 0 Å². The third-order valence-corrected chi connectivity index (χ3v) is 5.44. The van der Waals surface area contributed by atoms with Crippen LogP contribution in [0, 0.1) is 5.82 Å². The summed E-state index contributed by atoms with van der Waals surface area (Å²) in [6, 6.07) is 4.64. The Morgan fingerprint density at radius 2 is 1.97 bits per heavy atom. The fourth-order valence-electron chi connectivity index (χ4n) is 3.39. The van der Waals surface area contributed by atoms with Gasteiger partial charge in [-0.2, -0.15) is 10.1 Å². The molecule has 5 N–H and O–H groups in total. The lowest BCUT2D eigenvalue weighted by atomic mass is 10.1. The third kappa shape index (κ3) is 4.10. The third-order valence-electron chi connectivity index (χ3n) is 5.07. The largest absolute Gasteiger partial charge is 0.396 e. The number of rotatable bonds is 4. The number of halogens is 2. The van der Waals surface area contributed by atoms with Gasteiger partial charge in [0.2, 0.25) is 5.95 Å². The van der Waals surface area contributed by atoms with Crippen LogP contribution in [0.5, 0.6) is 0 Å². The van der Waals surface area contributed by atoms with Gasteiger partial charge in [-0.05, 0) is 51.2 Å². The highest BCUT2D eigenvalue weighted by Crippen LogP contribution is 2.33. The Bertz CT molecular complexity index is 1030. The van der Waals surface area contributed by atoms with Crippen molar-refractivity contribution in [2.24, 2.45) is 0 Å². The predicted molar refractivity (Wildman–Crippen MR) is 113 cm³/mol. The Hall–Kier alpha value is -2.91. The van der Waals surface area contributed by atoms with Gasteiger partial charge in [0.15, 0.2) is 0 Å². The lowest BCUT2D eigenvalue weighted by Crippen LogP contribution is -2.31. The Kier molecular flexibility index (Phi) is 5.25. The quantitative estimate of drug-likeness (QED) is 0.559. The molecule has 0 aliphatic carbocycles. The van der Waals surface area contributed by atoms with Gasteiger partial charge in [0, 0.05) is 11.8 Å². The minimum atomic E-state index is -0.508. The van der Waals surface area contributed by atoms with Crippen LogP contribution in [0.15, 0.2) is 30.6 Å². The molecule has 4 rings (SSSR count). The number of piperidine rings is 1. The van der Waals surface area contributed by atoms with E-state index in [0.717, 1.165) is 31.6 Å². The number of nitrogens with zero attached hydrogens (tertiary/aromatic N) is 5. The molecule has 0 atom stereocenters. The average molecular weight is 417 g/mol. The molecule has 3 heterocycles. The van der Waals surface area contributed by atoms with Crippen LogP contribution >= 0.6 is 11.6 Å². The van der Waals surface area contributed by atoms with E-state index in [2.05, 4.69) is 32.3 Å². The van der Waals surface area contributed by atoms with E-state index in [1.54, 1.807) is 12.3 Å². The molecular formula is C19H22ClFN8. The molecule has 1 aromatic carbocycles. The van der Waals surface area contributed by atoms with Gasteiger partial charge < -0.3 is 21.7 Å². The Balaban J connectivity index is 1.58. The van der Waals surface area contributed by atoms with Crippen molar-refractivity contribution in [1.82, 2.24) is 24.6 Å². The maximum Gasteiger partial charge on any atom is 0.229 e. The summed E-state index contributed by atoms with van der Waals surface area (Å²) >= 11 is 6.28. The molecule has 0 saturated carbocycles. The van der Waals surface area contributed by atoms with Crippen LogP contribution in [0.3, 0.4) is 0 Å². The zero-order chi connectivity index (χ0) is 20.5. The fraction of sp³-hybridized carbons (Fsp3) is 0.316. The van der Waals surface area contributed by atoms with Gasteiger partial charge in [0.1, 0.15) is 16.7 Å². The number of hydrogen-bond acceptors (Lipinski definition) is 7. The molecule has 1 aliphatic rings. The molecule has 152 valence electrons. The second-order valence-corrected chi connectivity index (χ2v) is 7.58. The smallest absolute Gasteiger partial charge is 0.229 e. The minimum Gasteiger partial charge on any atom is -0.396 e. The molecule has 29 heavy (non-hydrogen) atoms. The van der Waals surface area contributed by atoms with Crippen molar-refractivity contribution >= 4 is 34.7 Å². The number of nitrogens with one attached hydrogen (secondary N) is 1. The predicted octanol–water partition coefficient (Wildman–Crippen LogP) is 3.31. The van der Waals surface area contributed by atoms with E-state index < -0.39 is 5.82 Å². The first-order valence-electron chi connectivity index (χ1n) is 9.29. The molecule has 0 unspecified atom stereocenters. The lowest BCUT2D eigenvalue weighted by molar-refractivity contribution is 0.212. The number of benzene rings is 1. The average Bonchev–Trinajstić information content (AvgIpc) is 3.16. The van der Waals surface area contributed by atoms with Crippen LogP contribution in [0.2, 0.25) is 5.02 Å². The van der Waals surface area contributed by atoms with Crippen molar-refractivity contribution in [3.8, 4) is 11.3 Å². The van der Waals surface area contributed by atoms with E-state index in [1.807, 2.05) is 10.9 Å². The van der Waals surface area contributed by atoms with Crippen LogP contribution in [-0.4, -0.2) is 44.8 Å². The monoisotopic (exact) mass is 416 g/mol. The number of likely N-dealkylation sites (tertiary alicyclic amines) is 1. The second kappa shape index (κ2) is 7.84. The summed E-state index contributed by atoms with van der Waals surface area (Å²) < 4.78 is 15.5. The van der Waals surface area contributed by atoms with Crippen LogP contribution in [0.4, 0.5) is 27.5 Å². The second-order valence-electron chi connectivity index (χ2n) is 7.20. The number of anilines is 4. The standard InChI is InChI=1S/C19H22ClFN8/c1-28-6-4-13(5-7-28)29-10-12(9-24-29)25-19-26-17(16(20)18(23)27-19)11-2-3-14(21)15(22)8-11/h2-3,8-10,13H,4-7,22H2,1H3,(H3,23,25,26,27). The highest BCUT2D eigenvalue weighted by Gasteiger charge is 2.19. The van der Waals surface area contributed by atoms with Crippen molar-refractivity contribution in [2.45, 2.75) is 18.9 Å². The zero-order valence-electron chi connectivity index (χ0n) is 15.9. The van der Waals surface area contributed by atoms with Gasteiger partial charge in [0.05, 0.1) is 29.3 Å². The van der Waals surface area contributed by atoms with Crippen molar-refractivity contribution in [2.75, 3.05) is 36.9 Å². The van der Waals surface area contributed by atoms with Crippen LogP contribution < -0.4 is 16.8 Å². The molecule has 1 aliphatic heterocycles. The molecule has 0 radical (unpaired) electrons. The summed E-state index contributed by atoms with van der Waals surface area (Å²) in [5, 5.41) is 7.77. The van der Waals surface area contributed by atoms with Crippen molar-refractivity contribution < 1.29 is 4.39 Å². The first-order chi connectivity index (χ1) is 13.9. The van der Waals surface area contributed by atoms with Crippen LogP contribution in [0.25, 0.3) is 11.3 Å². The molecule has 3 aromatic rings. The molecule has 0 bridgehead atoms. The SMILES string of the molecule is CN1CCC(n2cc(Nc3nc(N)c(Cl)c(-c4ccc(F)c(N)c4)n3)cn2)CC1. The summed E-state index contributed by atoms with van der Waals surface area (Å²) in [7, 11) is 2.13. The van der Waals surface area contributed by atoms with Gasteiger partial charge in [-0.3, -0.25) is 4.68 Å². The summed E-state index contributed by atoms with van der Waals surface area (Å²) in [5.74, 6) is -0.121. The van der Waals surface area contributed by atoms with Gasteiger partial charge in [-0.1, -0.05) is 11.6 Å². The molecular weight excluding hydrogens is 395 g/mol. The number of nitrogens with two attached hydrogens (primary N) is 2. The maximum absolute atomic E-state index is 13.5. The van der Waals surface area contributed by atoms with Gasteiger partial charge in [-0.25, -0.2) is 9.37 Å². The normalized spacial score (nSPS) is 15.6. The van der Waals surface area contributed by atoms with Crippen LogP contribution in [0.1, 0.15) is 18.9 Å². The summed E-state index contributed by atoms with van der Waals surface area (Å²) in [6.07, 6.45) is 5.76. The van der Waals surface area contributed by atoms with Crippen LogP contribution in [-0.2, 0) is 0 Å². The molecule has 1 fully saturated rings. The van der Waals surface area contributed by atoms with E-state index in [-0.39, 0.29) is 22.5 Å². The van der Waals surface area contributed by atoms with Crippen molar-refractivity contribution in [3.63, 3.8) is 0 Å². The molecule has 0 spiro atoms. The Morgan fingerprint density at radius 1 is 1.21 bits per heavy atom. The topological polar surface area (TPSA) is 111 Å². The fourth-order valence-corrected chi connectivity index (χ4v) is 3.59. The molecule has 10 heteroatoms. The number of aromatic nitrogens is 4. The van der Waals surface area contributed by atoms with Crippen molar-refractivity contribution in [3.05, 3.63) is 41.4 Å². The Morgan fingerprint density at radius 3 is 2.69 bits per heavy atom. The maximum atomic E-state index is 13.5. The van der Waals surface area contributed by atoms with Crippen molar-refractivity contribution in [1.29, 1.82) is 0 Å². The van der Waals surface area contributed by atoms with E-state index in [4.69, 9.17) is 23.1 Å². The minimum absolute atomic E-state index is 0.00432. The lowest BCUT2D eigenvalue weighted by Gasteiger charge is -2.28. The molecule has 2 aromatic heterocycles. The van der Waals surface area contributed by atoms with E-state index >= 15 is 0 Å². The highest BCUT2D eigenvalue weighted by atomic mass is 35.5. The zero-order valence-corrected chi connectivity index (χ0v) is 16.7. The van der Waals surface area contributed by atoms with Gasteiger partial charge >= 0.3 is 0 Å². The Labute approximate surface area is 172 Å². The highest BCUT2D eigenvalue weighted by molar-refractivity contribution is 6.35. The van der Waals surface area contributed by atoms with E-state index in [9.17, 15) is 4.39 Å². The van der Waals surface area contributed by atoms with E-state index in [0.29, 0.717) is 17.3 Å². The summed E-state index contributed by atoms with van der Waals surface area (Å²) in [5.41, 5.74) is 13.3. The number of hydrogen-bond donors (Lipinski definition) is 3. The summed E-state index contributed by atoms with van der Waals surface area (Å²) in [4.78, 5) is 11.0. The van der Waals surface area contributed by atoms with E-state index in [1.165, 1.54) is 12.1 Å². The summed E-state index contributed by atoms with van der Waals surface area (Å²) in [6.45, 7) is 2.10. The molecule has 0 amide bonds. The molecule has 1 saturated heterocycles.